The first kappa shape index (κ1) is 16.4. The Morgan fingerprint density at radius 1 is 1.08 bits per heavy atom. The normalized spacial score (nSPS) is 10.3. The van der Waals surface area contributed by atoms with Gasteiger partial charge in [0.25, 0.3) is 5.91 Å². The Balaban J connectivity index is 1.65. The van der Waals surface area contributed by atoms with Crippen LogP contribution in [-0.2, 0) is 18.3 Å². The van der Waals surface area contributed by atoms with E-state index in [1.54, 1.807) is 31.6 Å². The highest BCUT2D eigenvalue weighted by atomic mass is 16.2. The predicted molar refractivity (Wildman–Crippen MR) is 94.2 cm³/mol. The van der Waals surface area contributed by atoms with Crippen LogP contribution in [0.4, 0.5) is 11.5 Å². The van der Waals surface area contributed by atoms with Crippen LogP contribution in [0.3, 0.4) is 0 Å². The Hall–Kier alpha value is -3.48. The molecule has 126 valence electrons. The quantitative estimate of drug-likeness (QED) is 0.748. The van der Waals surface area contributed by atoms with Gasteiger partial charge < -0.3 is 10.6 Å². The number of anilines is 2. The second-order valence-electron chi connectivity index (χ2n) is 5.44. The van der Waals surface area contributed by atoms with Crippen molar-refractivity contribution in [2.24, 2.45) is 7.05 Å². The molecule has 0 aliphatic heterocycles. The minimum Gasteiger partial charge on any atom is -0.319 e. The van der Waals surface area contributed by atoms with E-state index >= 15 is 0 Å². The van der Waals surface area contributed by atoms with E-state index in [1.807, 2.05) is 30.3 Å². The van der Waals surface area contributed by atoms with Gasteiger partial charge in [-0.1, -0.05) is 30.3 Å². The van der Waals surface area contributed by atoms with Crippen LogP contribution < -0.4 is 10.6 Å². The van der Waals surface area contributed by atoms with Crippen LogP contribution in [0.5, 0.6) is 0 Å². The van der Waals surface area contributed by atoms with Gasteiger partial charge in [0.05, 0.1) is 18.3 Å². The Morgan fingerprint density at radius 2 is 1.88 bits per heavy atom. The van der Waals surface area contributed by atoms with Gasteiger partial charge in [0.2, 0.25) is 5.91 Å². The average molecular weight is 335 g/mol. The van der Waals surface area contributed by atoms with Crippen molar-refractivity contribution in [3.63, 3.8) is 0 Å². The van der Waals surface area contributed by atoms with Gasteiger partial charge in [-0.15, -0.1) is 0 Å². The minimum atomic E-state index is -0.368. The number of hydrogen-bond acceptors (Lipinski definition) is 4. The van der Waals surface area contributed by atoms with Gasteiger partial charge in [0, 0.05) is 19.3 Å². The van der Waals surface area contributed by atoms with Crippen molar-refractivity contribution in [3.05, 3.63) is 72.2 Å². The Bertz CT molecular complexity index is 875. The van der Waals surface area contributed by atoms with Crippen LogP contribution in [-0.4, -0.2) is 26.6 Å². The summed E-state index contributed by atoms with van der Waals surface area (Å²) < 4.78 is 1.46. The highest BCUT2D eigenvalue weighted by molar-refractivity contribution is 6.03. The van der Waals surface area contributed by atoms with Gasteiger partial charge in [-0.05, 0) is 17.7 Å². The molecule has 7 heteroatoms. The number of nitrogens with zero attached hydrogens (tertiary/aromatic N) is 3. The summed E-state index contributed by atoms with van der Waals surface area (Å²) in [5, 5.41) is 9.61. The maximum Gasteiger partial charge on any atom is 0.276 e. The van der Waals surface area contributed by atoms with Crippen molar-refractivity contribution in [2.75, 3.05) is 10.6 Å². The highest BCUT2D eigenvalue weighted by Gasteiger charge is 2.15. The van der Waals surface area contributed by atoms with E-state index in [9.17, 15) is 9.59 Å². The van der Waals surface area contributed by atoms with Crippen LogP contribution >= 0.6 is 0 Å². The van der Waals surface area contributed by atoms with Gasteiger partial charge in [-0.3, -0.25) is 19.3 Å². The third-order valence-corrected chi connectivity index (χ3v) is 3.51. The van der Waals surface area contributed by atoms with E-state index in [-0.39, 0.29) is 23.9 Å². The molecule has 0 unspecified atom stereocenters. The van der Waals surface area contributed by atoms with E-state index in [0.717, 1.165) is 5.56 Å². The molecule has 0 saturated heterocycles. The minimum absolute atomic E-state index is 0.173. The molecule has 7 nitrogen and oxygen atoms in total. The molecule has 3 aromatic rings. The second-order valence-corrected chi connectivity index (χ2v) is 5.44. The van der Waals surface area contributed by atoms with Gasteiger partial charge in [0.1, 0.15) is 5.82 Å². The first-order chi connectivity index (χ1) is 12.1. The standard InChI is InChI=1S/C18H17N5O2/c1-23-16(21-17(24)10-13-6-3-2-4-7-13)11-15(22-23)18(25)20-14-8-5-9-19-12-14/h2-9,11-12H,10H2,1H3,(H,20,25)(H,21,24). The summed E-state index contributed by atoms with van der Waals surface area (Å²) in [6.07, 6.45) is 3.42. The largest absolute Gasteiger partial charge is 0.319 e. The van der Waals surface area contributed by atoms with E-state index in [2.05, 4.69) is 20.7 Å². The zero-order valence-electron chi connectivity index (χ0n) is 13.6. The molecule has 2 heterocycles. The average Bonchev–Trinajstić information content (AvgIpc) is 2.97. The molecule has 0 radical (unpaired) electrons. The summed E-state index contributed by atoms with van der Waals surface area (Å²) >= 11 is 0. The van der Waals surface area contributed by atoms with E-state index in [0.29, 0.717) is 11.5 Å². The molecule has 0 aliphatic rings. The lowest BCUT2D eigenvalue weighted by Crippen LogP contribution is -2.16. The third-order valence-electron chi connectivity index (χ3n) is 3.51. The SMILES string of the molecule is Cn1nc(C(=O)Nc2cccnc2)cc1NC(=O)Cc1ccccc1. The maximum atomic E-state index is 12.2. The smallest absolute Gasteiger partial charge is 0.276 e. The lowest BCUT2D eigenvalue weighted by atomic mass is 10.1. The number of hydrogen-bond donors (Lipinski definition) is 2. The summed E-state index contributed by atoms with van der Waals surface area (Å²) in [7, 11) is 1.67. The second kappa shape index (κ2) is 7.39. The topological polar surface area (TPSA) is 88.9 Å². The summed E-state index contributed by atoms with van der Waals surface area (Å²) in [5.74, 6) is -0.0853. The van der Waals surface area contributed by atoms with E-state index in [1.165, 1.54) is 10.7 Å². The molecule has 0 bridgehead atoms. The zero-order valence-corrected chi connectivity index (χ0v) is 13.6. The Morgan fingerprint density at radius 3 is 2.60 bits per heavy atom. The van der Waals surface area contributed by atoms with Gasteiger partial charge >= 0.3 is 0 Å². The van der Waals surface area contributed by atoms with Crippen LogP contribution in [0.2, 0.25) is 0 Å². The van der Waals surface area contributed by atoms with Crippen molar-refractivity contribution in [2.45, 2.75) is 6.42 Å². The van der Waals surface area contributed by atoms with E-state index < -0.39 is 0 Å². The number of rotatable bonds is 5. The molecule has 25 heavy (non-hydrogen) atoms. The monoisotopic (exact) mass is 335 g/mol. The van der Waals surface area contributed by atoms with Crippen LogP contribution in [0, 0.1) is 0 Å². The number of aromatic nitrogens is 3. The number of aryl methyl sites for hydroxylation is 1. The Labute approximate surface area is 144 Å². The van der Waals surface area contributed by atoms with Crippen LogP contribution in [0.25, 0.3) is 0 Å². The maximum absolute atomic E-state index is 12.2. The molecule has 0 atom stereocenters. The fourth-order valence-corrected chi connectivity index (χ4v) is 2.30. The lowest BCUT2D eigenvalue weighted by Gasteiger charge is -2.04. The number of pyridine rings is 1. The molecule has 0 spiro atoms. The van der Waals surface area contributed by atoms with Gasteiger partial charge in [-0.2, -0.15) is 5.10 Å². The highest BCUT2D eigenvalue weighted by Crippen LogP contribution is 2.12. The van der Waals surface area contributed by atoms with Crippen molar-refractivity contribution in [1.82, 2.24) is 14.8 Å². The molecular weight excluding hydrogens is 318 g/mol. The number of nitrogens with one attached hydrogen (secondary N) is 2. The molecule has 2 amide bonds. The lowest BCUT2D eigenvalue weighted by molar-refractivity contribution is -0.115. The summed E-state index contributed by atoms with van der Waals surface area (Å²) in [5.41, 5.74) is 1.70. The number of carbonyl (C=O) groups is 2. The van der Waals surface area contributed by atoms with Gasteiger partial charge in [-0.25, -0.2) is 0 Å². The zero-order chi connectivity index (χ0) is 17.6. The molecule has 2 aromatic heterocycles. The number of amides is 2. The number of benzene rings is 1. The van der Waals surface area contributed by atoms with Crippen molar-refractivity contribution in [1.29, 1.82) is 0 Å². The van der Waals surface area contributed by atoms with Crippen molar-refractivity contribution < 1.29 is 9.59 Å². The third kappa shape index (κ3) is 4.29. The van der Waals surface area contributed by atoms with Crippen LogP contribution in [0.15, 0.2) is 60.9 Å². The fourth-order valence-electron chi connectivity index (χ4n) is 2.30. The summed E-state index contributed by atoms with van der Waals surface area (Å²) in [6.45, 7) is 0. The predicted octanol–water partition coefficient (Wildman–Crippen LogP) is 2.25. The molecule has 0 saturated carbocycles. The molecule has 0 aliphatic carbocycles. The molecule has 3 rings (SSSR count). The summed E-state index contributed by atoms with van der Waals surface area (Å²) in [4.78, 5) is 28.3. The Kier molecular flexibility index (Phi) is 4.84. The molecule has 1 aromatic carbocycles. The molecule has 0 fully saturated rings. The van der Waals surface area contributed by atoms with E-state index in [4.69, 9.17) is 0 Å². The fraction of sp³-hybridized carbons (Fsp3) is 0.111. The summed E-state index contributed by atoms with van der Waals surface area (Å²) in [6, 6.07) is 14.4. The van der Waals surface area contributed by atoms with Gasteiger partial charge in [0.15, 0.2) is 5.69 Å². The first-order valence-electron chi connectivity index (χ1n) is 7.71. The molecule has 2 N–H and O–H groups in total. The van der Waals surface area contributed by atoms with Crippen molar-refractivity contribution >= 4 is 23.3 Å². The number of carbonyl (C=O) groups excluding carboxylic acids is 2. The molecular formula is C18H17N5O2. The van der Waals surface area contributed by atoms with Crippen molar-refractivity contribution in [3.8, 4) is 0 Å². The van der Waals surface area contributed by atoms with Crippen LogP contribution in [0.1, 0.15) is 16.1 Å². The first-order valence-corrected chi connectivity index (χ1v) is 7.71.